The van der Waals surface area contributed by atoms with Gasteiger partial charge in [-0.15, -0.1) is 0 Å². The highest BCUT2D eigenvalue weighted by molar-refractivity contribution is 7.99. The Balaban J connectivity index is 1.79. The summed E-state index contributed by atoms with van der Waals surface area (Å²) in [6, 6.07) is 10.4. The molecule has 1 N–H and O–H groups in total. The van der Waals surface area contributed by atoms with Crippen LogP contribution in [0.25, 0.3) is 0 Å². The van der Waals surface area contributed by atoms with Gasteiger partial charge in [-0.2, -0.15) is 5.26 Å². The number of nitrogens with one attached hydrogen (secondary N) is 1. The van der Waals surface area contributed by atoms with E-state index < -0.39 is 0 Å². The molecule has 0 fully saturated rings. The Kier molecular flexibility index (Phi) is 4.88. The first-order valence-electron chi connectivity index (χ1n) is 8.34. The molecule has 1 atom stereocenters. The maximum absolute atomic E-state index is 12.6. The third kappa shape index (κ3) is 3.81. The summed E-state index contributed by atoms with van der Waals surface area (Å²) in [5, 5.41) is 12.5. The minimum Gasteiger partial charge on any atom is -0.326 e. The molecule has 0 saturated heterocycles. The van der Waals surface area contributed by atoms with Gasteiger partial charge in [-0.25, -0.2) is 4.98 Å². The van der Waals surface area contributed by atoms with Crippen molar-refractivity contribution in [3.05, 3.63) is 51.9 Å². The summed E-state index contributed by atoms with van der Waals surface area (Å²) in [4.78, 5) is 29.7. The van der Waals surface area contributed by atoms with E-state index >= 15 is 0 Å². The molecule has 0 spiro atoms. The van der Waals surface area contributed by atoms with Crippen molar-refractivity contribution in [1.29, 1.82) is 5.26 Å². The van der Waals surface area contributed by atoms with E-state index in [1.165, 1.54) is 11.8 Å². The predicted octanol–water partition coefficient (Wildman–Crippen LogP) is 2.77. The molecule has 0 radical (unpaired) electrons. The Hall–Kier alpha value is -2.59. The summed E-state index contributed by atoms with van der Waals surface area (Å²) < 4.78 is 1.57. The molecule has 0 saturated carbocycles. The largest absolute Gasteiger partial charge is 0.326 e. The maximum Gasteiger partial charge on any atom is 0.254 e. The van der Waals surface area contributed by atoms with E-state index in [0.717, 1.165) is 5.69 Å². The van der Waals surface area contributed by atoms with Crippen LogP contribution in [0, 0.1) is 17.2 Å². The summed E-state index contributed by atoms with van der Waals surface area (Å²) >= 11 is 1.43. The number of carbonyl (C=O) groups excluding carboxylic acids is 1. The number of rotatable bonds is 2. The smallest absolute Gasteiger partial charge is 0.254 e. The van der Waals surface area contributed by atoms with Crippen LogP contribution in [0.2, 0.25) is 0 Å². The Labute approximate surface area is 156 Å². The third-order valence-corrected chi connectivity index (χ3v) is 5.33. The number of aromatic nitrogens is 2. The molecular formula is C19H20N4O2S. The summed E-state index contributed by atoms with van der Waals surface area (Å²) in [5.41, 5.74) is 1.50. The second-order valence-electron chi connectivity index (χ2n) is 7.31. The average Bonchev–Trinajstić information content (AvgIpc) is 2.60. The first kappa shape index (κ1) is 18.2. The van der Waals surface area contributed by atoms with Gasteiger partial charge < -0.3 is 5.32 Å². The molecule has 1 aliphatic rings. The monoisotopic (exact) mass is 368 g/mol. The van der Waals surface area contributed by atoms with Gasteiger partial charge in [0.15, 0.2) is 5.16 Å². The zero-order valence-corrected chi connectivity index (χ0v) is 15.8. The molecular weight excluding hydrogens is 348 g/mol. The van der Waals surface area contributed by atoms with Crippen LogP contribution in [-0.4, -0.2) is 21.2 Å². The molecule has 2 heterocycles. The lowest BCUT2D eigenvalue weighted by molar-refractivity contribution is -0.119. The summed E-state index contributed by atoms with van der Waals surface area (Å²) in [5.74, 6) is 0.0624. The number of benzene rings is 1. The van der Waals surface area contributed by atoms with Crippen molar-refractivity contribution in [3.63, 3.8) is 0 Å². The molecule has 6 nitrogen and oxygen atoms in total. The minimum absolute atomic E-state index is 0.128. The number of thioether (sulfide) groups is 1. The Bertz CT molecular complexity index is 953. The molecule has 1 aromatic carbocycles. The van der Waals surface area contributed by atoms with Gasteiger partial charge in [-0.1, -0.05) is 38.6 Å². The third-order valence-electron chi connectivity index (χ3n) is 4.19. The zero-order valence-electron chi connectivity index (χ0n) is 14.9. The van der Waals surface area contributed by atoms with Crippen molar-refractivity contribution in [1.82, 2.24) is 9.55 Å². The van der Waals surface area contributed by atoms with E-state index in [-0.39, 0.29) is 22.8 Å². The van der Waals surface area contributed by atoms with Gasteiger partial charge in [-0.3, -0.25) is 14.2 Å². The number of anilines is 1. The second kappa shape index (κ2) is 6.96. The topological polar surface area (TPSA) is 87.8 Å². The van der Waals surface area contributed by atoms with Crippen LogP contribution in [0.15, 0.2) is 40.3 Å². The van der Waals surface area contributed by atoms with E-state index in [0.29, 0.717) is 28.7 Å². The molecule has 1 aliphatic heterocycles. The van der Waals surface area contributed by atoms with Crippen LogP contribution >= 0.6 is 11.8 Å². The van der Waals surface area contributed by atoms with Crippen LogP contribution in [0.3, 0.4) is 0 Å². The van der Waals surface area contributed by atoms with Crippen molar-refractivity contribution in [2.24, 2.45) is 5.92 Å². The highest BCUT2D eigenvalue weighted by Gasteiger charge is 2.28. The lowest BCUT2D eigenvalue weighted by atomic mass is 9.92. The van der Waals surface area contributed by atoms with Gasteiger partial charge in [0.05, 0.1) is 23.2 Å². The molecule has 1 amide bonds. The second-order valence-corrected chi connectivity index (χ2v) is 8.30. The van der Waals surface area contributed by atoms with Gasteiger partial charge in [0.2, 0.25) is 5.91 Å². The van der Waals surface area contributed by atoms with Gasteiger partial charge in [-0.05, 0) is 18.2 Å². The van der Waals surface area contributed by atoms with Crippen LogP contribution in [0.1, 0.15) is 32.0 Å². The van der Waals surface area contributed by atoms with E-state index in [4.69, 9.17) is 5.26 Å². The molecule has 0 aliphatic carbocycles. The SMILES string of the molecule is CC(C)(C)c1cc(=O)n2c(n1)SCC(C(=O)Nc1cccc(C#N)c1)C2. The van der Waals surface area contributed by atoms with Gasteiger partial charge in [0.1, 0.15) is 0 Å². The van der Waals surface area contributed by atoms with Gasteiger partial charge >= 0.3 is 0 Å². The molecule has 2 aromatic rings. The molecule has 0 bridgehead atoms. The number of carbonyl (C=O) groups is 1. The first-order valence-corrected chi connectivity index (χ1v) is 9.32. The highest BCUT2D eigenvalue weighted by atomic mass is 32.2. The summed E-state index contributed by atoms with van der Waals surface area (Å²) in [7, 11) is 0. The molecule has 1 unspecified atom stereocenters. The summed E-state index contributed by atoms with van der Waals surface area (Å²) in [6.07, 6.45) is 0. The standard InChI is InChI=1S/C19H20N4O2S/c1-19(2,3)15-8-16(24)23-10-13(11-26-18(23)22-15)17(25)21-14-6-4-5-12(7-14)9-20/h4-8,13H,10-11H2,1-3H3,(H,21,25). The Morgan fingerprint density at radius 1 is 1.38 bits per heavy atom. The predicted molar refractivity (Wildman–Crippen MR) is 101 cm³/mol. The van der Waals surface area contributed by atoms with Crippen molar-refractivity contribution in [2.75, 3.05) is 11.1 Å². The number of hydrogen-bond donors (Lipinski definition) is 1. The Morgan fingerprint density at radius 2 is 2.15 bits per heavy atom. The van der Waals surface area contributed by atoms with Crippen LogP contribution in [0.5, 0.6) is 0 Å². The van der Waals surface area contributed by atoms with E-state index in [2.05, 4.69) is 10.3 Å². The first-order chi connectivity index (χ1) is 12.3. The van der Waals surface area contributed by atoms with Gasteiger partial charge in [0, 0.05) is 29.5 Å². The fraction of sp³-hybridized carbons (Fsp3) is 0.368. The fourth-order valence-electron chi connectivity index (χ4n) is 2.66. The van der Waals surface area contributed by atoms with E-state index in [1.54, 1.807) is 34.9 Å². The molecule has 7 heteroatoms. The molecule has 1 aromatic heterocycles. The number of nitriles is 1. The molecule has 26 heavy (non-hydrogen) atoms. The lowest BCUT2D eigenvalue weighted by Gasteiger charge is -2.26. The van der Waals surface area contributed by atoms with Crippen molar-refractivity contribution in [2.45, 2.75) is 37.9 Å². The van der Waals surface area contributed by atoms with E-state index in [9.17, 15) is 9.59 Å². The van der Waals surface area contributed by atoms with Crippen molar-refractivity contribution >= 4 is 23.4 Å². The summed E-state index contributed by atoms with van der Waals surface area (Å²) in [6.45, 7) is 6.36. The van der Waals surface area contributed by atoms with E-state index in [1.807, 2.05) is 26.8 Å². The average molecular weight is 368 g/mol. The minimum atomic E-state index is -0.335. The maximum atomic E-state index is 12.6. The van der Waals surface area contributed by atoms with Crippen molar-refractivity contribution in [3.8, 4) is 6.07 Å². The Morgan fingerprint density at radius 3 is 2.85 bits per heavy atom. The fourth-order valence-corrected chi connectivity index (χ4v) is 3.76. The van der Waals surface area contributed by atoms with Crippen molar-refractivity contribution < 1.29 is 4.79 Å². The quantitative estimate of drug-likeness (QED) is 0.824. The van der Waals surface area contributed by atoms with Crippen LogP contribution in [0.4, 0.5) is 5.69 Å². The zero-order chi connectivity index (χ0) is 18.9. The lowest BCUT2D eigenvalue weighted by Crippen LogP contribution is -2.37. The van der Waals surface area contributed by atoms with Gasteiger partial charge in [0.25, 0.3) is 5.56 Å². The number of nitrogens with zero attached hydrogens (tertiary/aromatic N) is 3. The number of fused-ring (bicyclic) bond motifs is 1. The number of hydrogen-bond acceptors (Lipinski definition) is 5. The van der Waals surface area contributed by atoms with Crippen LogP contribution in [-0.2, 0) is 16.8 Å². The molecule has 134 valence electrons. The number of amides is 1. The highest BCUT2D eigenvalue weighted by Crippen LogP contribution is 2.28. The normalized spacial score (nSPS) is 16.5. The van der Waals surface area contributed by atoms with Crippen LogP contribution < -0.4 is 10.9 Å². The molecule has 3 rings (SSSR count).